The molecule has 13 nitrogen and oxygen atoms in total. The predicted molar refractivity (Wildman–Crippen MR) is 214 cm³/mol. The molecule has 3 fully saturated rings. The Hall–Kier alpha value is -5.04. The van der Waals surface area contributed by atoms with Crippen LogP contribution in [0.3, 0.4) is 0 Å². The molecule has 4 aliphatic rings. The second kappa shape index (κ2) is 14.8. The Balaban J connectivity index is 0.774. The zero-order valence-electron chi connectivity index (χ0n) is 32.9. The number of likely N-dealkylation sites (tertiary alicyclic amines) is 1. The molecule has 3 aliphatic heterocycles. The predicted octanol–water partition coefficient (Wildman–Crippen LogP) is 7.16. The summed E-state index contributed by atoms with van der Waals surface area (Å²) in [7, 11) is 0. The number of aromatic hydroxyl groups is 1. The number of ether oxygens (including phenoxy) is 1. The lowest BCUT2D eigenvalue weighted by atomic mass is 9.59. The first-order chi connectivity index (χ1) is 27.2. The van der Waals surface area contributed by atoms with Crippen LogP contribution in [0.15, 0.2) is 53.3 Å². The molecular weight excluding hydrogens is 707 g/mol. The number of carbonyl (C=O) groups excluding carboxylic acids is 1. The van der Waals surface area contributed by atoms with Crippen LogP contribution >= 0.6 is 0 Å². The summed E-state index contributed by atoms with van der Waals surface area (Å²) in [5, 5.41) is 24.7. The van der Waals surface area contributed by atoms with Crippen molar-refractivity contribution in [2.45, 2.75) is 96.6 Å². The highest BCUT2D eigenvalue weighted by Gasteiger charge is 2.48. The lowest BCUT2D eigenvalue weighted by molar-refractivity contribution is -0.146. The van der Waals surface area contributed by atoms with Gasteiger partial charge in [-0.05, 0) is 106 Å². The van der Waals surface area contributed by atoms with E-state index in [-0.39, 0.29) is 23.7 Å². The fourth-order valence-corrected chi connectivity index (χ4v) is 10.0. The van der Waals surface area contributed by atoms with E-state index in [0.717, 1.165) is 74.8 Å². The number of aromatic amines is 1. The average Bonchev–Trinajstić information content (AvgIpc) is 3.83. The van der Waals surface area contributed by atoms with Gasteiger partial charge in [0.1, 0.15) is 11.7 Å². The van der Waals surface area contributed by atoms with Crippen molar-refractivity contribution in [3.8, 4) is 17.0 Å². The summed E-state index contributed by atoms with van der Waals surface area (Å²) in [5.41, 5.74) is 6.12. The number of piperidine rings is 2. The van der Waals surface area contributed by atoms with E-state index >= 15 is 0 Å². The topological polar surface area (TPSA) is 150 Å². The third-order valence-corrected chi connectivity index (χ3v) is 13.3. The molecule has 294 valence electrons. The average molecular weight is 760 g/mol. The van der Waals surface area contributed by atoms with Gasteiger partial charge in [-0.2, -0.15) is 0 Å². The highest BCUT2D eigenvalue weighted by atomic mass is 16.5. The van der Waals surface area contributed by atoms with Gasteiger partial charge in [-0.1, -0.05) is 31.1 Å². The highest BCUT2D eigenvalue weighted by Crippen LogP contribution is 2.52. The molecule has 5 aromatic rings. The number of H-pyrrole nitrogens is 1. The molecule has 1 spiro atoms. The van der Waals surface area contributed by atoms with Gasteiger partial charge < -0.3 is 34.1 Å². The van der Waals surface area contributed by atoms with Gasteiger partial charge in [-0.25, -0.2) is 9.97 Å². The van der Waals surface area contributed by atoms with Gasteiger partial charge >= 0.3 is 5.97 Å². The molecule has 1 aliphatic carbocycles. The van der Waals surface area contributed by atoms with Gasteiger partial charge in [0.25, 0.3) is 0 Å². The fraction of sp³-hybridized carbons (Fsp3) is 0.535. The molecule has 0 bridgehead atoms. The Morgan fingerprint density at radius 2 is 1.79 bits per heavy atom. The number of phenolic OH excluding ortho intramolecular Hbond substituents is 1. The van der Waals surface area contributed by atoms with Crippen LogP contribution in [0.25, 0.3) is 22.3 Å². The van der Waals surface area contributed by atoms with Crippen molar-refractivity contribution < 1.29 is 19.2 Å². The van der Waals surface area contributed by atoms with Crippen LogP contribution in [-0.2, 0) is 16.0 Å². The molecular formula is C43H53N9O4. The van der Waals surface area contributed by atoms with Crippen LogP contribution in [-0.4, -0.2) is 91.7 Å². The number of carbonyl (C=O) groups is 1. The first kappa shape index (κ1) is 36.6. The Morgan fingerprint density at radius 1 is 1.04 bits per heavy atom. The van der Waals surface area contributed by atoms with Crippen molar-refractivity contribution in [2.75, 3.05) is 49.1 Å². The summed E-state index contributed by atoms with van der Waals surface area (Å²) < 4.78 is 11.0. The molecule has 2 atom stereocenters. The van der Waals surface area contributed by atoms with Crippen molar-refractivity contribution >= 4 is 28.8 Å². The number of nitrogens with zero attached hydrogens (tertiary/aromatic N) is 8. The summed E-state index contributed by atoms with van der Waals surface area (Å²) in [5.74, 6) is 2.26. The number of hydrogen-bond acceptors (Lipinski definition) is 12. The summed E-state index contributed by atoms with van der Waals surface area (Å²) >= 11 is 0. The quantitative estimate of drug-likeness (QED) is 0.147. The number of fused-ring (bicyclic) bond motifs is 3. The SMILES string of the molecule is CCOC(=O)C(c1cc(N2CCC3(CC2)CC(N2CCC(c4cnc(N5CCc6[nH]c7nnc(-c8ccccc8O)cc7c6[C@@H]5C)nc4)CC2)C3)no1)C(C)C. The van der Waals surface area contributed by atoms with Crippen molar-refractivity contribution in [3.63, 3.8) is 0 Å². The third-order valence-electron chi connectivity index (χ3n) is 13.3. The molecule has 4 aromatic heterocycles. The molecule has 7 heterocycles. The monoisotopic (exact) mass is 759 g/mol. The second-order valence-electron chi connectivity index (χ2n) is 16.9. The first-order valence-corrected chi connectivity index (χ1v) is 20.6. The normalized spacial score (nSPS) is 21.1. The molecule has 0 amide bonds. The van der Waals surface area contributed by atoms with E-state index in [1.807, 2.05) is 51.1 Å². The van der Waals surface area contributed by atoms with Gasteiger partial charge in [0.2, 0.25) is 5.95 Å². The third kappa shape index (κ3) is 6.67. The summed E-state index contributed by atoms with van der Waals surface area (Å²) in [4.78, 5) is 33.3. The molecule has 1 aromatic carbocycles. The van der Waals surface area contributed by atoms with E-state index in [9.17, 15) is 9.90 Å². The first-order valence-electron chi connectivity index (χ1n) is 20.6. The van der Waals surface area contributed by atoms with Crippen LogP contribution in [0.4, 0.5) is 11.8 Å². The number of esters is 1. The number of para-hydroxylation sites is 1. The Morgan fingerprint density at radius 3 is 2.50 bits per heavy atom. The van der Waals surface area contributed by atoms with Gasteiger partial charge in [-0.15, -0.1) is 10.2 Å². The standard InChI is InChI=1S/C43H53N9O4/c1-5-55-41(54)38(26(2)3)36-21-37(49-56-36)51-18-13-43(14-19-51)22-30(23-43)50-15-10-28(11-16-50)29-24-44-42(45-25-29)52-17-12-33-39(27(52)4)32-20-34(47-48-40(32)46-33)31-8-6-7-9-35(31)53/h6-9,20-21,24-28,30,38,53H,5,10-19,22-23H2,1-4H3,(H,46,48)/t27-,38?/m0/s1. The van der Waals surface area contributed by atoms with Crippen LogP contribution in [0.2, 0.25) is 0 Å². The van der Waals surface area contributed by atoms with Crippen LogP contribution in [0, 0.1) is 11.3 Å². The molecule has 0 radical (unpaired) electrons. The van der Waals surface area contributed by atoms with E-state index in [1.54, 1.807) is 6.07 Å². The van der Waals surface area contributed by atoms with Crippen molar-refractivity contribution in [3.05, 3.63) is 71.4 Å². The number of hydrogen-bond donors (Lipinski definition) is 2. The maximum Gasteiger partial charge on any atom is 0.317 e. The van der Waals surface area contributed by atoms with E-state index in [0.29, 0.717) is 41.0 Å². The summed E-state index contributed by atoms with van der Waals surface area (Å²) in [6, 6.07) is 12.0. The van der Waals surface area contributed by atoms with E-state index < -0.39 is 5.92 Å². The van der Waals surface area contributed by atoms with Gasteiger partial charge in [0, 0.05) is 72.8 Å². The number of rotatable bonds is 9. The Labute approximate surface area is 327 Å². The molecule has 1 saturated carbocycles. The second-order valence-corrected chi connectivity index (χ2v) is 16.9. The number of phenols is 1. The van der Waals surface area contributed by atoms with Crippen molar-refractivity contribution in [1.82, 2.24) is 35.2 Å². The van der Waals surface area contributed by atoms with Crippen LogP contribution in [0.1, 0.15) is 107 Å². The van der Waals surface area contributed by atoms with E-state index in [1.165, 1.54) is 42.5 Å². The summed E-state index contributed by atoms with van der Waals surface area (Å²) in [6.45, 7) is 13.4. The van der Waals surface area contributed by atoms with Crippen molar-refractivity contribution in [2.24, 2.45) is 11.3 Å². The molecule has 56 heavy (non-hydrogen) atoms. The van der Waals surface area contributed by atoms with E-state index in [4.69, 9.17) is 19.2 Å². The Bertz CT molecular complexity index is 2170. The Kier molecular flexibility index (Phi) is 9.67. The molecule has 1 unspecified atom stereocenters. The molecule has 9 rings (SSSR count). The number of nitrogens with one attached hydrogen (secondary N) is 1. The number of anilines is 2. The lowest BCUT2D eigenvalue weighted by Crippen LogP contribution is -2.56. The zero-order chi connectivity index (χ0) is 38.6. The minimum atomic E-state index is -0.431. The van der Waals surface area contributed by atoms with Gasteiger partial charge in [-0.3, -0.25) is 4.79 Å². The molecule has 2 N–H and O–H groups in total. The smallest absolute Gasteiger partial charge is 0.317 e. The molecule has 2 saturated heterocycles. The minimum Gasteiger partial charge on any atom is -0.507 e. The van der Waals surface area contributed by atoms with Crippen LogP contribution < -0.4 is 9.80 Å². The lowest BCUT2D eigenvalue weighted by Gasteiger charge is -2.56. The fourth-order valence-electron chi connectivity index (χ4n) is 10.0. The number of benzene rings is 1. The van der Waals surface area contributed by atoms with Crippen LogP contribution in [0.5, 0.6) is 5.75 Å². The zero-order valence-corrected chi connectivity index (χ0v) is 32.9. The van der Waals surface area contributed by atoms with Crippen molar-refractivity contribution in [1.29, 1.82) is 0 Å². The maximum absolute atomic E-state index is 12.6. The maximum atomic E-state index is 12.6. The highest BCUT2D eigenvalue weighted by molar-refractivity contribution is 5.86. The summed E-state index contributed by atoms with van der Waals surface area (Å²) in [6.07, 6.45) is 12.1. The molecule has 13 heteroatoms. The largest absolute Gasteiger partial charge is 0.507 e. The number of aromatic nitrogens is 6. The van der Waals surface area contributed by atoms with Gasteiger partial charge in [0.15, 0.2) is 17.2 Å². The van der Waals surface area contributed by atoms with E-state index in [2.05, 4.69) is 54.4 Å². The van der Waals surface area contributed by atoms with Gasteiger partial charge in [0.05, 0.1) is 18.3 Å². The minimum absolute atomic E-state index is 0.0523.